The van der Waals surface area contributed by atoms with Gasteiger partial charge in [-0.15, -0.1) is 0 Å². The van der Waals surface area contributed by atoms with Crippen LogP contribution >= 0.6 is 22.6 Å². The second-order valence-electron chi connectivity index (χ2n) is 11.8. The van der Waals surface area contributed by atoms with E-state index in [1.165, 1.54) is 57.8 Å². The molecule has 2 heteroatoms. The predicted molar refractivity (Wildman–Crippen MR) is 121 cm³/mol. The second kappa shape index (κ2) is 6.46. The van der Waals surface area contributed by atoms with Crippen molar-refractivity contribution >= 4 is 22.6 Å². The molecule has 152 valence electrons. The van der Waals surface area contributed by atoms with Gasteiger partial charge in [0.1, 0.15) is 0 Å². The Hall–Kier alpha value is 0.430. The van der Waals surface area contributed by atoms with Gasteiger partial charge in [-0.3, -0.25) is 0 Å². The molecule has 0 aromatic heterocycles. The molecule has 5 saturated carbocycles. The molecule has 9 atom stereocenters. The van der Waals surface area contributed by atoms with E-state index in [0.717, 1.165) is 35.0 Å². The topological polar surface area (TPSA) is 9.23 Å². The van der Waals surface area contributed by atoms with Gasteiger partial charge in [0.05, 0.1) is 11.7 Å². The Morgan fingerprint density at radius 2 is 1.81 bits per heavy atom. The molecule has 1 heterocycles. The zero-order valence-corrected chi connectivity index (χ0v) is 20.0. The monoisotopic (exact) mass is 482 g/mol. The van der Waals surface area contributed by atoms with Gasteiger partial charge in [0.25, 0.3) is 0 Å². The predicted octanol–water partition coefficient (Wildman–Crippen LogP) is 7.04. The fourth-order valence-corrected chi connectivity index (χ4v) is 8.44. The van der Waals surface area contributed by atoms with Crippen molar-refractivity contribution in [3.8, 4) is 0 Å². The van der Waals surface area contributed by atoms with Crippen LogP contribution in [0.3, 0.4) is 0 Å². The molecule has 0 aromatic carbocycles. The highest BCUT2D eigenvalue weighted by molar-refractivity contribution is 14.1. The number of hydrogen-bond acceptors (Lipinski definition) is 1. The van der Waals surface area contributed by atoms with Crippen LogP contribution in [0, 0.1) is 46.3 Å². The van der Waals surface area contributed by atoms with Crippen molar-refractivity contribution in [3.63, 3.8) is 0 Å². The van der Waals surface area contributed by atoms with Crippen LogP contribution in [0.2, 0.25) is 0 Å². The first-order valence-electron chi connectivity index (χ1n) is 11.7. The van der Waals surface area contributed by atoms with Gasteiger partial charge < -0.3 is 4.74 Å². The third-order valence-corrected chi connectivity index (χ3v) is 9.90. The van der Waals surface area contributed by atoms with Gasteiger partial charge in [0.2, 0.25) is 0 Å². The molecule has 0 N–H and O–H groups in total. The number of halogens is 1. The van der Waals surface area contributed by atoms with Gasteiger partial charge in [-0.2, -0.15) is 0 Å². The fourth-order valence-electron chi connectivity index (χ4n) is 8.44. The zero-order chi connectivity index (χ0) is 19.0. The van der Waals surface area contributed by atoms with Gasteiger partial charge in [-0.1, -0.05) is 74.8 Å². The van der Waals surface area contributed by atoms with Gasteiger partial charge in [-0.25, -0.2) is 0 Å². The van der Waals surface area contributed by atoms with Crippen LogP contribution in [0.15, 0.2) is 12.2 Å². The summed E-state index contributed by atoms with van der Waals surface area (Å²) in [4.78, 5) is 1.97. The van der Waals surface area contributed by atoms with Crippen molar-refractivity contribution in [2.24, 2.45) is 46.3 Å². The van der Waals surface area contributed by atoms with Crippen LogP contribution in [-0.2, 0) is 4.74 Å². The third kappa shape index (κ3) is 2.70. The molecule has 5 aliphatic carbocycles. The first kappa shape index (κ1) is 19.4. The minimum absolute atomic E-state index is 0.157. The second-order valence-corrected chi connectivity index (χ2v) is 11.8. The summed E-state index contributed by atoms with van der Waals surface area (Å²) in [5.74, 6) is 5.16. The highest BCUT2D eigenvalue weighted by Gasteiger charge is 2.77. The van der Waals surface area contributed by atoms with E-state index in [1.54, 1.807) is 0 Å². The van der Waals surface area contributed by atoms with E-state index in [-0.39, 0.29) is 5.60 Å². The molecule has 27 heavy (non-hydrogen) atoms. The molecule has 0 bridgehead atoms. The molecule has 0 aromatic rings. The van der Waals surface area contributed by atoms with Gasteiger partial charge in [0, 0.05) is 5.92 Å². The maximum atomic E-state index is 7.28. The highest BCUT2D eigenvalue weighted by atomic mass is 127. The molecule has 5 fully saturated rings. The van der Waals surface area contributed by atoms with Gasteiger partial charge in [0.15, 0.2) is 0 Å². The van der Waals surface area contributed by atoms with Crippen LogP contribution in [-0.4, -0.2) is 16.6 Å². The lowest BCUT2D eigenvalue weighted by Crippen LogP contribution is -2.54. The fraction of sp³-hybridized carbons (Fsp3) is 0.920. The Kier molecular flexibility index (Phi) is 4.64. The van der Waals surface area contributed by atoms with Crippen LogP contribution in [0.4, 0.5) is 0 Å². The maximum absolute atomic E-state index is 7.28. The molecule has 1 aliphatic heterocycles. The summed E-state index contributed by atoms with van der Waals surface area (Å²) in [6.45, 7) is 7.42. The summed E-state index contributed by atoms with van der Waals surface area (Å²) in [6.07, 6.45) is 18.9. The summed E-state index contributed by atoms with van der Waals surface area (Å²) >= 11 is 2.15. The van der Waals surface area contributed by atoms with E-state index >= 15 is 0 Å². The quantitative estimate of drug-likeness (QED) is 0.204. The Morgan fingerprint density at radius 3 is 2.41 bits per heavy atom. The highest BCUT2D eigenvalue weighted by Crippen LogP contribution is 2.80. The third-order valence-electron chi connectivity index (χ3n) is 9.90. The molecular formula is C25H39IO. The minimum atomic E-state index is 0.157. The Labute approximate surface area is 180 Å². The molecule has 0 radical (unpaired) electrons. The van der Waals surface area contributed by atoms with Crippen molar-refractivity contribution in [3.05, 3.63) is 12.2 Å². The van der Waals surface area contributed by atoms with Crippen molar-refractivity contribution in [1.29, 1.82) is 0 Å². The summed E-state index contributed by atoms with van der Waals surface area (Å²) < 4.78 is 7.28. The molecule has 2 spiro atoms. The van der Waals surface area contributed by atoms with E-state index in [2.05, 4.69) is 55.5 Å². The normalized spacial score (nSPS) is 54.6. The van der Waals surface area contributed by atoms with Crippen molar-refractivity contribution in [2.75, 3.05) is 4.93 Å². The Bertz CT molecular complexity index is 620. The molecule has 1 nitrogen and oxygen atoms in total. The Morgan fingerprint density at radius 1 is 1.04 bits per heavy atom. The largest absolute Gasteiger partial charge is 0.366 e. The SMILES string of the molecule is CC(C)(C)C1CC2CCCCC2C2OC3(C=CC21)CC1CCC12CC32.CI. The van der Waals surface area contributed by atoms with Crippen LogP contribution in [0.1, 0.15) is 78.6 Å². The molecule has 9 unspecified atom stereocenters. The minimum Gasteiger partial charge on any atom is -0.366 e. The average Bonchev–Trinajstić information content (AvgIpc) is 3.41. The molecule has 6 rings (SSSR count). The van der Waals surface area contributed by atoms with Crippen LogP contribution < -0.4 is 0 Å². The lowest BCUT2D eigenvalue weighted by molar-refractivity contribution is -0.176. The maximum Gasteiger partial charge on any atom is 0.0903 e. The summed E-state index contributed by atoms with van der Waals surface area (Å²) in [7, 11) is 0. The number of fused-ring (bicyclic) bond motifs is 4. The average molecular weight is 482 g/mol. The van der Waals surface area contributed by atoms with E-state index in [4.69, 9.17) is 4.74 Å². The molecule has 6 aliphatic rings. The lowest BCUT2D eigenvalue weighted by Gasteiger charge is -2.56. The summed E-state index contributed by atoms with van der Waals surface area (Å²) in [5.41, 5.74) is 1.31. The number of hydrogen-bond donors (Lipinski definition) is 0. The first-order valence-corrected chi connectivity index (χ1v) is 13.8. The Balaban J connectivity index is 0.000000777. The van der Waals surface area contributed by atoms with Crippen molar-refractivity contribution in [1.82, 2.24) is 0 Å². The van der Waals surface area contributed by atoms with E-state index < -0.39 is 0 Å². The number of ether oxygens (including phenoxy) is 1. The smallest absolute Gasteiger partial charge is 0.0903 e. The van der Waals surface area contributed by atoms with E-state index in [1.807, 2.05) is 4.93 Å². The van der Waals surface area contributed by atoms with E-state index in [0.29, 0.717) is 17.4 Å². The molecule has 0 saturated heterocycles. The van der Waals surface area contributed by atoms with Crippen LogP contribution in [0.5, 0.6) is 0 Å². The van der Waals surface area contributed by atoms with Crippen molar-refractivity contribution < 1.29 is 4.74 Å². The summed E-state index contributed by atoms with van der Waals surface area (Å²) in [6, 6.07) is 0. The molecule has 0 amide bonds. The first-order chi connectivity index (χ1) is 12.9. The molecular weight excluding hydrogens is 443 g/mol. The number of rotatable bonds is 0. The lowest BCUT2D eigenvalue weighted by atomic mass is 9.55. The van der Waals surface area contributed by atoms with Crippen LogP contribution in [0.25, 0.3) is 0 Å². The summed E-state index contributed by atoms with van der Waals surface area (Å²) in [5, 5.41) is 0. The number of alkyl halides is 1. The zero-order valence-electron chi connectivity index (χ0n) is 17.8. The standard InChI is InChI=1S/C24H36O.CH3I/c1-22(2,3)19-12-15-6-4-5-7-17(15)21-18(19)9-11-24(25-21)13-16-8-10-23(16)14-20(23)24;1-2/h9,11,15-21H,4-8,10,12-14H2,1-3H3;1H3. The van der Waals surface area contributed by atoms with Gasteiger partial charge in [-0.05, 0) is 83.9 Å². The van der Waals surface area contributed by atoms with Crippen molar-refractivity contribution in [2.45, 2.75) is 90.3 Å². The van der Waals surface area contributed by atoms with Gasteiger partial charge >= 0.3 is 0 Å². The van der Waals surface area contributed by atoms with E-state index in [9.17, 15) is 0 Å².